The van der Waals surface area contributed by atoms with Crippen LogP contribution in [0.15, 0.2) is 72.8 Å². The van der Waals surface area contributed by atoms with Gasteiger partial charge >= 0.3 is 0 Å². The fourth-order valence-electron chi connectivity index (χ4n) is 2.72. The Morgan fingerprint density at radius 1 is 0.852 bits per heavy atom. The van der Waals surface area contributed by atoms with E-state index in [9.17, 15) is 4.39 Å². The number of para-hydroxylation sites is 1. The summed E-state index contributed by atoms with van der Waals surface area (Å²) in [5.74, 6) is 0.944. The van der Waals surface area contributed by atoms with Gasteiger partial charge in [-0.05, 0) is 54.1 Å². The van der Waals surface area contributed by atoms with Gasteiger partial charge in [-0.3, -0.25) is 0 Å². The van der Waals surface area contributed by atoms with Crippen molar-refractivity contribution in [3.05, 3.63) is 89.2 Å². The van der Waals surface area contributed by atoms with Gasteiger partial charge in [0.15, 0.2) is 0 Å². The summed E-state index contributed by atoms with van der Waals surface area (Å²) >= 11 is 5.93. The van der Waals surface area contributed by atoms with Gasteiger partial charge in [0.25, 0.3) is 0 Å². The molecule has 0 fully saturated rings. The topological polar surface area (TPSA) is 49.8 Å². The van der Waals surface area contributed by atoms with Gasteiger partial charge in [0, 0.05) is 22.6 Å². The maximum atomic E-state index is 13.1. The Labute approximate surface area is 161 Å². The van der Waals surface area contributed by atoms with Crippen LogP contribution in [0, 0.1) is 5.82 Å². The molecular formula is C21H16ClFN4. The van der Waals surface area contributed by atoms with E-state index in [1.165, 1.54) is 12.1 Å². The molecule has 3 aromatic carbocycles. The smallest absolute Gasteiger partial charge is 0.229 e. The Morgan fingerprint density at radius 3 is 2.37 bits per heavy atom. The van der Waals surface area contributed by atoms with E-state index >= 15 is 0 Å². The molecule has 6 heteroatoms. The van der Waals surface area contributed by atoms with Crippen molar-refractivity contribution >= 4 is 40.0 Å². The molecule has 4 aromatic rings. The first kappa shape index (κ1) is 17.2. The van der Waals surface area contributed by atoms with Gasteiger partial charge in [-0.25, -0.2) is 9.37 Å². The average molecular weight is 379 g/mol. The van der Waals surface area contributed by atoms with Gasteiger partial charge in [-0.15, -0.1) is 0 Å². The Balaban J connectivity index is 1.63. The Morgan fingerprint density at radius 2 is 1.59 bits per heavy atom. The third-order valence-corrected chi connectivity index (χ3v) is 4.33. The first-order valence-corrected chi connectivity index (χ1v) is 8.83. The van der Waals surface area contributed by atoms with Crippen LogP contribution in [0.2, 0.25) is 5.02 Å². The van der Waals surface area contributed by atoms with E-state index in [1.54, 1.807) is 24.3 Å². The third kappa shape index (κ3) is 4.15. The first-order valence-electron chi connectivity index (χ1n) is 8.45. The van der Waals surface area contributed by atoms with Crippen LogP contribution in [0.1, 0.15) is 5.56 Å². The van der Waals surface area contributed by atoms with Gasteiger partial charge in [0.1, 0.15) is 11.6 Å². The van der Waals surface area contributed by atoms with Crippen molar-refractivity contribution in [2.45, 2.75) is 6.54 Å². The molecule has 0 aliphatic carbocycles. The minimum Gasteiger partial charge on any atom is -0.365 e. The molecule has 27 heavy (non-hydrogen) atoms. The largest absolute Gasteiger partial charge is 0.365 e. The van der Waals surface area contributed by atoms with Gasteiger partial charge in [0.05, 0.1) is 5.52 Å². The van der Waals surface area contributed by atoms with E-state index < -0.39 is 0 Å². The van der Waals surface area contributed by atoms with Gasteiger partial charge < -0.3 is 10.6 Å². The van der Waals surface area contributed by atoms with Crippen LogP contribution in [0.25, 0.3) is 10.9 Å². The predicted molar refractivity (Wildman–Crippen MR) is 108 cm³/mol. The average Bonchev–Trinajstić information content (AvgIpc) is 2.69. The van der Waals surface area contributed by atoms with Crippen LogP contribution in [-0.4, -0.2) is 9.97 Å². The third-order valence-electron chi connectivity index (χ3n) is 4.08. The Kier molecular flexibility index (Phi) is 4.85. The van der Waals surface area contributed by atoms with E-state index in [0.717, 1.165) is 22.2 Å². The summed E-state index contributed by atoms with van der Waals surface area (Å²) in [7, 11) is 0. The number of hydrogen-bond acceptors (Lipinski definition) is 4. The number of rotatable bonds is 5. The minimum absolute atomic E-state index is 0.249. The van der Waals surface area contributed by atoms with Crippen LogP contribution in [0.3, 0.4) is 0 Å². The van der Waals surface area contributed by atoms with Crippen molar-refractivity contribution in [3.63, 3.8) is 0 Å². The standard InChI is InChI=1S/C21H16ClFN4/c22-15-7-11-17(12-8-15)25-21-26-19-4-2-1-3-18(19)20(27-21)24-13-14-5-9-16(23)10-6-14/h1-12H,13H2,(H2,24,25,26,27). The lowest BCUT2D eigenvalue weighted by molar-refractivity contribution is 0.627. The van der Waals surface area contributed by atoms with Crippen molar-refractivity contribution < 1.29 is 4.39 Å². The molecule has 0 spiro atoms. The zero-order valence-corrected chi connectivity index (χ0v) is 15.0. The van der Waals surface area contributed by atoms with Gasteiger partial charge in [-0.2, -0.15) is 4.98 Å². The maximum Gasteiger partial charge on any atom is 0.229 e. The molecule has 1 heterocycles. The summed E-state index contributed by atoms with van der Waals surface area (Å²) in [5.41, 5.74) is 2.64. The summed E-state index contributed by atoms with van der Waals surface area (Å²) in [6.45, 7) is 0.529. The fourth-order valence-corrected chi connectivity index (χ4v) is 2.84. The number of halogens is 2. The molecule has 0 radical (unpaired) electrons. The number of anilines is 3. The lowest BCUT2D eigenvalue weighted by atomic mass is 10.2. The molecule has 2 N–H and O–H groups in total. The second kappa shape index (κ2) is 7.60. The van der Waals surface area contributed by atoms with E-state index in [2.05, 4.69) is 20.6 Å². The molecule has 1 aromatic heterocycles. The molecule has 0 saturated heterocycles. The summed E-state index contributed by atoms with van der Waals surface area (Å²) in [4.78, 5) is 9.19. The van der Waals surface area contributed by atoms with Crippen molar-refractivity contribution in [2.24, 2.45) is 0 Å². The Bertz CT molecular complexity index is 1070. The number of nitrogens with one attached hydrogen (secondary N) is 2. The van der Waals surface area contributed by atoms with E-state index in [1.807, 2.05) is 36.4 Å². The highest BCUT2D eigenvalue weighted by atomic mass is 35.5. The zero-order chi connectivity index (χ0) is 18.6. The van der Waals surface area contributed by atoms with Gasteiger partial charge in [0.2, 0.25) is 5.95 Å². The fraction of sp³-hybridized carbons (Fsp3) is 0.0476. The quantitative estimate of drug-likeness (QED) is 0.462. The molecule has 0 unspecified atom stereocenters. The van der Waals surface area contributed by atoms with Crippen molar-refractivity contribution in [3.8, 4) is 0 Å². The molecular weight excluding hydrogens is 363 g/mol. The highest BCUT2D eigenvalue weighted by molar-refractivity contribution is 6.30. The number of nitrogens with zero attached hydrogens (tertiary/aromatic N) is 2. The zero-order valence-electron chi connectivity index (χ0n) is 14.3. The number of hydrogen-bond donors (Lipinski definition) is 2. The van der Waals surface area contributed by atoms with Crippen LogP contribution >= 0.6 is 11.6 Å². The first-order chi connectivity index (χ1) is 13.2. The van der Waals surface area contributed by atoms with Crippen molar-refractivity contribution in [1.82, 2.24) is 9.97 Å². The lowest BCUT2D eigenvalue weighted by Crippen LogP contribution is -2.05. The van der Waals surface area contributed by atoms with E-state index in [-0.39, 0.29) is 5.82 Å². The molecule has 0 bridgehead atoms. The highest BCUT2D eigenvalue weighted by Gasteiger charge is 2.08. The summed E-state index contributed by atoms with van der Waals surface area (Å²) in [6.07, 6.45) is 0. The molecule has 0 aliphatic rings. The SMILES string of the molecule is Fc1ccc(CNc2nc(Nc3ccc(Cl)cc3)nc3ccccc23)cc1. The Hall–Kier alpha value is -3.18. The lowest BCUT2D eigenvalue weighted by Gasteiger charge is -2.12. The van der Waals surface area contributed by atoms with Crippen molar-refractivity contribution in [2.75, 3.05) is 10.6 Å². The van der Waals surface area contributed by atoms with Crippen LogP contribution in [0.4, 0.5) is 21.8 Å². The maximum absolute atomic E-state index is 13.1. The molecule has 0 aliphatic heterocycles. The molecule has 0 saturated carbocycles. The van der Waals surface area contributed by atoms with Crippen molar-refractivity contribution in [1.29, 1.82) is 0 Å². The summed E-state index contributed by atoms with van der Waals surface area (Å²) in [5, 5.41) is 8.11. The summed E-state index contributed by atoms with van der Waals surface area (Å²) in [6, 6.07) is 21.5. The normalized spacial score (nSPS) is 10.7. The van der Waals surface area contributed by atoms with Crippen LogP contribution < -0.4 is 10.6 Å². The van der Waals surface area contributed by atoms with E-state index in [4.69, 9.17) is 11.6 Å². The van der Waals surface area contributed by atoms with E-state index in [0.29, 0.717) is 23.3 Å². The predicted octanol–water partition coefficient (Wildman–Crippen LogP) is 5.78. The molecule has 0 atom stereocenters. The number of benzene rings is 3. The molecule has 0 amide bonds. The highest BCUT2D eigenvalue weighted by Crippen LogP contribution is 2.24. The van der Waals surface area contributed by atoms with Crippen LogP contribution in [0.5, 0.6) is 0 Å². The monoisotopic (exact) mass is 378 g/mol. The second-order valence-corrected chi connectivity index (χ2v) is 6.46. The number of aromatic nitrogens is 2. The molecule has 4 nitrogen and oxygen atoms in total. The second-order valence-electron chi connectivity index (χ2n) is 6.02. The van der Waals surface area contributed by atoms with Gasteiger partial charge in [-0.1, -0.05) is 35.9 Å². The summed E-state index contributed by atoms with van der Waals surface area (Å²) < 4.78 is 13.1. The molecule has 134 valence electrons. The minimum atomic E-state index is -0.249. The van der Waals surface area contributed by atoms with Crippen LogP contribution in [-0.2, 0) is 6.54 Å². The number of fused-ring (bicyclic) bond motifs is 1. The molecule has 4 rings (SSSR count).